The highest BCUT2D eigenvalue weighted by molar-refractivity contribution is 7.13. The van der Waals surface area contributed by atoms with E-state index in [4.69, 9.17) is 4.74 Å². The molecule has 2 heterocycles. The lowest BCUT2D eigenvalue weighted by Gasteiger charge is -1.99. The summed E-state index contributed by atoms with van der Waals surface area (Å²) < 4.78 is 6.85. The number of nitrogens with zero attached hydrogens (tertiary/aromatic N) is 3. The van der Waals surface area contributed by atoms with Gasteiger partial charge in [0.15, 0.2) is 5.13 Å². The van der Waals surface area contributed by atoms with E-state index in [1.54, 1.807) is 24.6 Å². The highest BCUT2D eigenvalue weighted by Crippen LogP contribution is 2.20. The van der Waals surface area contributed by atoms with E-state index in [1.807, 2.05) is 10.9 Å². The van der Waals surface area contributed by atoms with Gasteiger partial charge in [0.25, 0.3) is 0 Å². The molecule has 1 N–H and O–H groups in total. The molecule has 0 saturated heterocycles. The van der Waals surface area contributed by atoms with E-state index in [-0.39, 0.29) is 0 Å². The number of thiazole rings is 1. The zero-order chi connectivity index (χ0) is 12.1. The molecule has 5 nitrogen and oxygen atoms in total. The van der Waals surface area contributed by atoms with Crippen LogP contribution in [-0.2, 0) is 17.7 Å². The lowest BCUT2D eigenvalue weighted by molar-refractivity contribution is 0.183. The normalized spacial score (nSPS) is 10.7. The number of hydrogen-bond donors (Lipinski definition) is 1. The molecule has 0 amide bonds. The van der Waals surface area contributed by atoms with Crippen LogP contribution in [0.4, 0.5) is 10.8 Å². The third kappa shape index (κ3) is 3.28. The van der Waals surface area contributed by atoms with Gasteiger partial charge in [-0.05, 0) is 6.42 Å². The second-order valence-corrected chi connectivity index (χ2v) is 4.47. The summed E-state index contributed by atoms with van der Waals surface area (Å²) in [5, 5.41) is 10.4. The predicted octanol–water partition coefficient (Wildman–Crippen LogP) is 2.29. The Labute approximate surface area is 104 Å². The van der Waals surface area contributed by atoms with Crippen LogP contribution < -0.4 is 5.32 Å². The molecule has 0 aliphatic rings. The fourth-order valence-corrected chi connectivity index (χ4v) is 2.20. The molecule has 92 valence electrons. The second kappa shape index (κ2) is 5.79. The summed E-state index contributed by atoms with van der Waals surface area (Å²) >= 11 is 1.61. The van der Waals surface area contributed by atoms with Crippen LogP contribution in [0.5, 0.6) is 0 Å². The number of ether oxygens (including phenoxy) is 1. The zero-order valence-electron chi connectivity index (χ0n) is 10.0. The van der Waals surface area contributed by atoms with Crippen molar-refractivity contribution in [2.45, 2.75) is 19.9 Å². The Balaban J connectivity index is 1.96. The van der Waals surface area contributed by atoms with Crippen LogP contribution in [0.3, 0.4) is 0 Å². The monoisotopic (exact) mass is 252 g/mol. The molecule has 0 unspecified atom stereocenters. The number of anilines is 2. The Hall–Kier alpha value is -1.40. The van der Waals surface area contributed by atoms with Crippen molar-refractivity contribution in [1.29, 1.82) is 0 Å². The first-order valence-corrected chi connectivity index (χ1v) is 6.42. The smallest absolute Gasteiger partial charge is 0.187 e. The van der Waals surface area contributed by atoms with E-state index in [0.717, 1.165) is 29.5 Å². The van der Waals surface area contributed by atoms with Gasteiger partial charge in [0.1, 0.15) is 0 Å². The summed E-state index contributed by atoms with van der Waals surface area (Å²) in [6.07, 6.45) is 4.71. The average molecular weight is 252 g/mol. The first kappa shape index (κ1) is 12.1. The predicted molar refractivity (Wildman–Crippen MR) is 68.9 cm³/mol. The molecule has 0 aliphatic heterocycles. The van der Waals surface area contributed by atoms with Gasteiger partial charge in [-0.1, -0.05) is 6.92 Å². The molecule has 0 saturated carbocycles. The number of aromatic nitrogens is 3. The first-order chi connectivity index (χ1) is 8.31. The van der Waals surface area contributed by atoms with Crippen molar-refractivity contribution in [2.75, 3.05) is 19.0 Å². The van der Waals surface area contributed by atoms with Crippen LogP contribution in [0.15, 0.2) is 17.8 Å². The van der Waals surface area contributed by atoms with Gasteiger partial charge in [-0.3, -0.25) is 4.68 Å². The summed E-state index contributed by atoms with van der Waals surface area (Å²) in [5.74, 6) is 0. The fourth-order valence-electron chi connectivity index (χ4n) is 1.39. The highest BCUT2D eigenvalue weighted by Gasteiger charge is 2.03. The lowest BCUT2D eigenvalue weighted by Crippen LogP contribution is -2.03. The maximum Gasteiger partial charge on any atom is 0.187 e. The van der Waals surface area contributed by atoms with Crippen LogP contribution >= 0.6 is 11.3 Å². The van der Waals surface area contributed by atoms with E-state index in [9.17, 15) is 0 Å². The van der Waals surface area contributed by atoms with Crippen LogP contribution in [0.2, 0.25) is 0 Å². The van der Waals surface area contributed by atoms with Crippen LogP contribution in [0.1, 0.15) is 12.6 Å². The van der Waals surface area contributed by atoms with Crippen LogP contribution in [0, 0.1) is 0 Å². The highest BCUT2D eigenvalue weighted by atomic mass is 32.1. The van der Waals surface area contributed by atoms with Gasteiger partial charge >= 0.3 is 0 Å². The van der Waals surface area contributed by atoms with Crippen LogP contribution in [0.25, 0.3) is 0 Å². The van der Waals surface area contributed by atoms with E-state index >= 15 is 0 Å². The molecule has 2 rings (SSSR count). The maximum atomic E-state index is 5.00. The van der Waals surface area contributed by atoms with Gasteiger partial charge in [0.05, 0.1) is 30.7 Å². The molecule has 2 aromatic heterocycles. The Morgan fingerprint density at radius 2 is 2.41 bits per heavy atom. The van der Waals surface area contributed by atoms with E-state index in [2.05, 4.69) is 27.7 Å². The summed E-state index contributed by atoms with van der Waals surface area (Å²) in [6, 6.07) is 0. The molecule has 17 heavy (non-hydrogen) atoms. The lowest BCUT2D eigenvalue weighted by atomic mass is 10.4. The molecule has 2 aromatic rings. The standard InChI is InChI=1S/C11H16N4OS/c1-3-9-8-17-11(13-9)14-10-6-12-15(7-10)4-5-16-2/h6-8H,3-5H2,1-2H3,(H,13,14). The Morgan fingerprint density at radius 1 is 1.53 bits per heavy atom. The minimum atomic E-state index is 0.665. The Bertz CT molecular complexity index is 465. The van der Waals surface area contributed by atoms with Crippen molar-refractivity contribution < 1.29 is 4.74 Å². The molecule has 6 heteroatoms. The largest absolute Gasteiger partial charge is 0.383 e. The van der Waals surface area contributed by atoms with Crippen molar-refractivity contribution in [3.8, 4) is 0 Å². The van der Waals surface area contributed by atoms with Gasteiger partial charge in [0.2, 0.25) is 0 Å². The minimum Gasteiger partial charge on any atom is -0.383 e. The van der Waals surface area contributed by atoms with Gasteiger partial charge in [-0.2, -0.15) is 5.10 Å². The molecule has 0 radical (unpaired) electrons. The van der Waals surface area contributed by atoms with Crippen molar-refractivity contribution >= 4 is 22.2 Å². The molecule has 0 spiro atoms. The molecule has 0 bridgehead atoms. The number of rotatable bonds is 6. The molecule has 0 aromatic carbocycles. The summed E-state index contributed by atoms with van der Waals surface area (Å²) in [4.78, 5) is 4.44. The van der Waals surface area contributed by atoms with Crippen molar-refractivity contribution in [1.82, 2.24) is 14.8 Å². The van der Waals surface area contributed by atoms with Gasteiger partial charge in [-0.25, -0.2) is 4.98 Å². The number of hydrogen-bond acceptors (Lipinski definition) is 5. The second-order valence-electron chi connectivity index (χ2n) is 3.61. The fraction of sp³-hybridized carbons (Fsp3) is 0.455. The third-order valence-electron chi connectivity index (χ3n) is 2.32. The zero-order valence-corrected chi connectivity index (χ0v) is 10.8. The summed E-state index contributed by atoms with van der Waals surface area (Å²) in [7, 11) is 1.69. The van der Waals surface area contributed by atoms with Crippen molar-refractivity contribution in [2.24, 2.45) is 0 Å². The van der Waals surface area contributed by atoms with E-state index in [0.29, 0.717) is 6.61 Å². The Kier molecular flexibility index (Phi) is 4.11. The molecule has 0 atom stereocenters. The van der Waals surface area contributed by atoms with Crippen molar-refractivity contribution in [3.05, 3.63) is 23.5 Å². The molecular weight excluding hydrogens is 236 g/mol. The van der Waals surface area contributed by atoms with Gasteiger partial charge in [-0.15, -0.1) is 11.3 Å². The molecular formula is C11H16N4OS. The third-order valence-corrected chi connectivity index (χ3v) is 3.13. The SMILES string of the molecule is CCc1csc(Nc2cnn(CCOC)c2)n1. The maximum absolute atomic E-state index is 5.00. The summed E-state index contributed by atoms with van der Waals surface area (Å²) in [6.45, 7) is 3.52. The minimum absolute atomic E-state index is 0.665. The number of aryl methyl sites for hydroxylation is 1. The van der Waals surface area contributed by atoms with E-state index < -0.39 is 0 Å². The van der Waals surface area contributed by atoms with E-state index in [1.165, 1.54) is 0 Å². The first-order valence-electron chi connectivity index (χ1n) is 5.54. The number of methoxy groups -OCH3 is 1. The van der Waals surface area contributed by atoms with Crippen LogP contribution in [-0.4, -0.2) is 28.5 Å². The van der Waals surface area contributed by atoms with Gasteiger partial charge < -0.3 is 10.1 Å². The molecule has 0 fully saturated rings. The topological polar surface area (TPSA) is 52.0 Å². The molecule has 0 aliphatic carbocycles. The quantitative estimate of drug-likeness (QED) is 0.857. The number of nitrogens with one attached hydrogen (secondary N) is 1. The summed E-state index contributed by atoms with van der Waals surface area (Å²) in [5.41, 5.74) is 2.07. The Morgan fingerprint density at radius 3 is 3.12 bits per heavy atom. The van der Waals surface area contributed by atoms with Gasteiger partial charge in [0, 0.05) is 18.7 Å². The average Bonchev–Trinajstić information content (AvgIpc) is 2.96. The van der Waals surface area contributed by atoms with Crippen molar-refractivity contribution in [3.63, 3.8) is 0 Å².